The second-order valence-corrected chi connectivity index (χ2v) is 5.33. The van der Waals surface area contributed by atoms with Gasteiger partial charge in [-0.1, -0.05) is 0 Å². The molecule has 86 valence electrons. The van der Waals surface area contributed by atoms with Crippen LogP contribution in [0, 0.1) is 11.3 Å². The topological polar surface area (TPSA) is 43.2 Å². The standard InChI is InChI=1S/C11H16N4S/c1-11(2,9-12)15-6-4-14(5-7-15)10-13-3-8-16-10/h3,8H,4-7H2,1-2H3. The van der Waals surface area contributed by atoms with E-state index in [1.807, 2.05) is 25.4 Å². The quantitative estimate of drug-likeness (QED) is 0.781. The molecule has 0 aromatic carbocycles. The van der Waals surface area contributed by atoms with Gasteiger partial charge in [0.15, 0.2) is 5.13 Å². The second-order valence-electron chi connectivity index (χ2n) is 4.46. The first-order valence-corrected chi connectivity index (χ1v) is 6.32. The molecule has 0 amide bonds. The van der Waals surface area contributed by atoms with Crippen molar-refractivity contribution >= 4 is 16.5 Å². The number of thiazole rings is 1. The fourth-order valence-corrected chi connectivity index (χ4v) is 2.60. The first-order valence-electron chi connectivity index (χ1n) is 5.44. The molecule has 0 radical (unpaired) electrons. The molecule has 0 aliphatic carbocycles. The van der Waals surface area contributed by atoms with Gasteiger partial charge < -0.3 is 4.90 Å². The average molecular weight is 236 g/mol. The molecule has 1 fully saturated rings. The van der Waals surface area contributed by atoms with Crippen LogP contribution in [0.3, 0.4) is 0 Å². The Kier molecular flexibility index (Phi) is 3.13. The summed E-state index contributed by atoms with van der Waals surface area (Å²) in [6, 6.07) is 2.36. The molecule has 2 rings (SSSR count). The van der Waals surface area contributed by atoms with Crippen molar-refractivity contribution in [2.45, 2.75) is 19.4 Å². The van der Waals surface area contributed by atoms with E-state index in [4.69, 9.17) is 5.26 Å². The summed E-state index contributed by atoms with van der Waals surface area (Å²) in [6.45, 7) is 7.73. The third kappa shape index (κ3) is 2.18. The lowest BCUT2D eigenvalue weighted by molar-refractivity contribution is 0.158. The fraction of sp³-hybridized carbons (Fsp3) is 0.636. The van der Waals surface area contributed by atoms with Gasteiger partial charge in [-0.3, -0.25) is 4.90 Å². The van der Waals surface area contributed by atoms with Crippen LogP contribution in [-0.4, -0.2) is 41.6 Å². The smallest absolute Gasteiger partial charge is 0.185 e. The number of hydrogen-bond acceptors (Lipinski definition) is 5. The van der Waals surface area contributed by atoms with Gasteiger partial charge in [-0.05, 0) is 13.8 Å². The molecule has 0 unspecified atom stereocenters. The summed E-state index contributed by atoms with van der Waals surface area (Å²) >= 11 is 1.68. The molecule has 16 heavy (non-hydrogen) atoms. The highest BCUT2D eigenvalue weighted by atomic mass is 32.1. The van der Waals surface area contributed by atoms with Crippen molar-refractivity contribution in [3.8, 4) is 6.07 Å². The van der Waals surface area contributed by atoms with Crippen molar-refractivity contribution in [3.63, 3.8) is 0 Å². The fourth-order valence-electron chi connectivity index (χ4n) is 1.90. The predicted molar refractivity (Wildman–Crippen MR) is 65.6 cm³/mol. The monoisotopic (exact) mass is 236 g/mol. The van der Waals surface area contributed by atoms with E-state index < -0.39 is 0 Å². The first-order chi connectivity index (χ1) is 7.63. The van der Waals surface area contributed by atoms with Gasteiger partial charge in [0.1, 0.15) is 5.54 Å². The molecule has 2 heterocycles. The Labute approximate surface area is 100 Å². The predicted octanol–water partition coefficient (Wildman–Crippen LogP) is 1.57. The molecule has 1 saturated heterocycles. The maximum absolute atomic E-state index is 9.08. The van der Waals surface area contributed by atoms with Crippen LogP contribution in [0.15, 0.2) is 11.6 Å². The normalized spacial score (nSPS) is 18.4. The lowest BCUT2D eigenvalue weighted by Gasteiger charge is -2.40. The molecule has 0 spiro atoms. The van der Waals surface area contributed by atoms with Gasteiger partial charge in [0.25, 0.3) is 0 Å². The molecule has 5 heteroatoms. The number of nitrogens with zero attached hydrogens (tertiary/aromatic N) is 4. The van der Waals surface area contributed by atoms with Crippen LogP contribution in [0.4, 0.5) is 5.13 Å². The van der Waals surface area contributed by atoms with E-state index in [-0.39, 0.29) is 5.54 Å². The number of nitriles is 1. The Morgan fingerprint density at radius 3 is 2.56 bits per heavy atom. The first kappa shape index (κ1) is 11.4. The van der Waals surface area contributed by atoms with Crippen molar-refractivity contribution < 1.29 is 0 Å². The summed E-state index contributed by atoms with van der Waals surface area (Å²) in [4.78, 5) is 8.83. The average Bonchev–Trinajstić information content (AvgIpc) is 2.83. The van der Waals surface area contributed by atoms with Crippen LogP contribution < -0.4 is 4.90 Å². The number of aromatic nitrogens is 1. The van der Waals surface area contributed by atoms with Gasteiger partial charge in [0, 0.05) is 37.8 Å². The minimum atomic E-state index is -0.352. The van der Waals surface area contributed by atoms with Crippen molar-refractivity contribution in [2.75, 3.05) is 31.1 Å². The zero-order valence-electron chi connectivity index (χ0n) is 9.68. The highest BCUT2D eigenvalue weighted by Crippen LogP contribution is 2.22. The molecular formula is C11H16N4S. The van der Waals surface area contributed by atoms with Gasteiger partial charge in [-0.15, -0.1) is 11.3 Å². The van der Waals surface area contributed by atoms with Crippen LogP contribution in [0.5, 0.6) is 0 Å². The Hall–Kier alpha value is -1.12. The summed E-state index contributed by atoms with van der Waals surface area (Å²) in [5.41, 5.74) is -0.352. The van der Waals surface area contributed by atoms with Crippen LogP contribution in [0.25, 0.3) is 0 Å². The summed E-state index contributed by atoms with van der Waals surface area (Å²) in [5, 5.41) is 12.2. The van der Waals surface area contributed by atoms with Gasteiger partial charge in [-0.2, -0.15) is 5.26 Å². The highest BCUT2D eigenvalue weighted by molar-refractivity contribution is 7.13. The second kappa shape index (κ2) is 4.40. The van der Waals surface area contributed by atoms with Crippen LogP contribution >= 0.6 is 11.3 Å². The van der Waals surface area contributed by atoms with E-state index in [1.54, 1.807) is 11.3 Å². The summed E-state index contributed by atoms with van der Waals surface area (Å²) < 4.78 is 0. The zero-order valence-corrected chi connectivity index (χ0v) is 10.5. The molecule has 0 saturated carbocycles. The van der Waals surface area contributed by atoms with Gasteiger partial charge >= 0.3 is 0 Å². The maximum Gasteiger partial charge on any atom is 0.185 e. The van der Waals surface area contributed by atoms with Crippen LogP contribution in [0.1, 0.15) is 13.8 Å². The van der Waals surface area contributed by atoms with Crippen molar-refractivity contribution in [1.82, 2.24) is 9.88 Å². The molecule has 4 nitrogen and oxygen atoms in total. The molecule has 0 bridgehead atoms. The Bertz CT molecular complexity index is 371. The molecule has 1 aromatic rings. The number of rotatable bonds is 2. The molecule has 0 N–H and O–H groups in total. The van der Waals surface area contributed by atoms with E-state index in [2.05, 4.69) is 20.9 Å². The van der Waals surface area contributed by atoms with Crippen molar-refractivity contribution in [1.29, 1.82) is 5.26 Å². The summed E-state index contributed by atoms with van der Waals surface area (Å²) in [5.74, 6) is 0. The van der Waals surface area contributed by atoms with Crippen molar-refractivity contribution in [2.24, 2.45) is 0 Å². The number of anilines is 1. The highest BCUT2D eigenvalue weighted by Gasteiger charge is 2.30. The van der Waals surface area contributed by atoms with E-state index in [0.717, 1.165) is 31.3 Å². The third-order valence-corrected chi connectivity index (χ3v) is 3.87. The van der Waals surface area contributed by atoms with Crippen LogP contribution in [-0.2, 0) is 0 Å². The number of piperazine rings is 1. The molecule has 1 aromatic heterocycles. The molecular weight excluding hydrogens is 220 g/mol. The maximum atomic E-state index is 9.08. The van der Waals surface area contributed by atoms with E-state index in [0.29, 0.717) is 0 Å². The van der Waals surface area contributed by atoms with E-state index in [1.165, 1.54) is 0 Å². The number of hydrogen-bond donors (Lipinski definition) is 0. The molecule has 0 atom stereocenters. The van der Waals surface area contributed by atoms with Gasteiger partial charge in [0.2, 0.25) is 0 Å². The Morgan fingerprint density at radius 1 is 1.38 bits per heavy atom. The minimum absolute atomic E-state index is 0.352. The van der Waals surface area contributed by atoms with E-state index >= 15 is 0 Å². The minimum Gasteiger partial charge on any atom is -0.346 e. The lowest BCUT2D eigenvalue weighted by Crippen LogP contribution is -2.54. The lowest BCUT2D eigenvalue weighted by atomic mass is 10.0. The van der Waals surface area contributed by atoms with Gasteiger partial charge in [0.05, 0.1) is 6.07 Å². The summed E-state index contributed by atoms with van der Waals surface area (Å²) in [6.07, 6.45) is 1.84. The zero-order chi connectivity index (χ0) is 11.6. The van der Waals surface area contributed by atoms with Gasteiger partial charge in [-0.25, -0.2) is 4.98 Å². The van der Waals surface area contributed by atoms with Crippen LogP contribution in [0.2, 0.25) is 0 Å². The third-order valence-electron chi connectivity index (χ3n) is 3.03. The Balaban J connectivity index is 1.96. The largest absolute Gasteiger partial charge is 0.346 e. The SMILES string of the molecule is CC(C)(C#N)N1CCN(c2nccs2)CC1. The van der Waals surface area contributed by atoms with E-state index in [9.17, 15) is 0 Å². The Morgan fingerprint density at radius 2 is 2.06 bits per heavy atom. The molecule has 1 aliphatic rings. The van der Waals surface area contributed by atoms with Crippen molar-refractivity contribution in [3.05, 3.63) is 11.6 Å². The summed E-state index contributed by atoms with van der Waals surface area (Å²) in [7, 11) is 0. The molecule has 1 aliphatic heterocycles.